The van der Waals surface area contributed by atoms with Crippen molar-refractivity contribution in [3.8, 4) is 0 Å². The zero-order valence-electron chi connectivity index (χ0n) is 5.75. The summed E-state index contributed by atoms with van der Waals surface area (Å²) in [5.41, 5.74) is 0. The average molecular weight is 207 g/mol. The molecule has 2 rings (SSSR count). The predicted octanol–water partition coefficient (Wildman–Crippen LogP) is 2.02. The van der Waals surface area contributed by atoms with Crippen molar-refractivity contribution in [2.75, 3.05) is 0 Å². The largest absolute Gasteiger partial charge is 0.232 e. The molecule has 10 heavy (non-hydrogen) atoms. The van der Waals surface area contributed by atoms with Gasteiger partial charge in [0.15, 0.2) is 0 Å². The molecule has 0 N–H and O–H groups in total. The predicted molar refractivity (Wildman–Crippen MR) is 40.9 cm³/mol. The zero-order chi connectivity index (χ0) is 6.97. The van der Waals surface area contributed by atoms with Crippen LogP contribution in [0.2, 0.25) is 0 Å². The van der Waals surface area contributed by atoms with Crippen LogP contribution in [0.1, 0.15) is 25.7 Å². The molecule has 1 aliphatic carbocycles. The number of hydrogen-bond donors (Lipinski definition) is 0. The molecule has 1 heterocycles. The fourth-order valence-corrected chi connectivity index (χ4v) is 2.30. The molecule has 0 amide bonds. The molecular weight excluding hydrogens is 196 g/mol. The van der Waals surface area contributed by atoms with Gasteiger partial charge in [-0.15, -0.1) is 0 Å². The topological polar surface area (TPSA) is 18.5 Å². The molecule has 3 heteroatoms. The SMILES string of the molecule is BrC1[C@@H]2CCCC[C@H]1OO2. The minimum atomic E-state index is 0.312. The lowest BCUT2D eigenvalue weighted by Crippen LogP contribution is -2.21. The van der Waals surface area contributed by atoms with Crippen LogP contribution < -0.4 is 0 Å². The highest BCUT2D eigenvalue weighted by molar-refractivity contribution is 9.09. The highest BCUT2D eigenvalue weighted by Crippen LogP contribution is 2.34. The van der Waals surface area contributed by atoms with Crippen molar-refractivity contribution in [2.24, 2.45) is 0 Å². The van der Waals surface area contributed by atoms with Gasteiger partial charge in [-0.1, -0.05) is 28.8 Å². The molecule has 0 spiro atoms. The van der Waals surface area contributed by atoms with Crippen molar-refractivity contribution < 1.29 is 9.78 Å². The lowest BCUT2D eigenvalue weighted by atomic mass is 10.1. The summed E-state index contributed by atoms with van der Waals surface area (Å²) in [6, 6.07) is 0. The second-order valence-electron chi connectivity index (χ2n) is 3.00. The van der Waals surface area contributed by atoms with Crippen molar-refractivity contribution in [3.05, 3.63) is 0 Å². The summed E-state index contributed by atoms with van der Waals surface area (Å²) in [5.74, 6) is 0. The van der Waals surface area contributed by atoms with Crippen LogP contribution in [-0.4, -0.2) is 17.0 Å². The molecule has 1 saturated heterocycles. The molecule has 2 aliphatic rings. The maximum atomic E-state index is 5.12. The smallest absolute Gasteiger partial charge is 0.108 e. The van der Waals surface area contributed by atoms with E-state index in [1.165, 1.54) is 12.8 Å². The summed E-state index contributed by atoms with van der Waals surface area (Å²) < 4.78 is 0. The van der Waals surface area contributed by atoms with Crippen LogP contribution in [0.4, 0.5) is 0 Å². The fraction of sp³-hybridized carbons (Fsp3) is 1.00. The normalized spacial score (nSPS) is 47.1. The fourth-order valence-electron chi connectivity index (χ4n) is 1.59. The molecule has 1 unspecified atom stereocenters. The molecule has 0 aromatic rings. The van der Waals surface area contributed by atoms with Crippen LogP contribution in [-0.2, 0) is 9.78 Å². The second kappa shape index (κ2) is 2.80. The molecule has 1 aliphatic heterocycles. The van der Waals surface area contributed by atoms with Crippen LogP contribution in [0, 0.1) is 0 Å². The van der Waals surface area contributed by atoms with E-state index in [9.17, 15) is 0 Å². The van der Waals surface area contributed by atoms with Gasteiger partial charge in [-0.2, -0.15) is 0 Å². The van der Waals surface area contributed by atoms with Gasteiger partial charge in [-0.3, -0.25) is 0 Å². The van der Waals surface area contributed by atoms with Crippen molar-refractivity contribution in [3.63, 3.8) is 0 Å². The number of hydrogen-bond acceptors (Lipinski definition) is 2. The van der Waals surface area contributed by atoms with Crippen LogP contribution in [0.15, 0.2) is 0 Å². The molecule has 0 radical (unpaired) electrons. The molecule has 2 fully saturated rings. The summed E-state index contributed by atoms with van der Waals surface area (Å²) in [6.45, 7) is 0. The van der Waals surface area contributed by atoms with Crippen LogP contribution in [0.5, 0.6) is 0 Å². The van der Waals surface area contributed by atoms with Crippen molar-refractivity contribution in [2.45, 2.75) is 42.7 Å². The quantitative estimate of drug-likeness (QED) is 0.447. The zero-order valence-corrected chi connectivity index (χ0v) is 7.34. The lowest BCUT2D eigenvalue weighted by molar-refractivity contribution is -0.301. The summed E-state index contributed by atoms with van der Waals surface area (Å²) in [5, 5.41) is 0. The van der Waals surface area contributed by atoms with Gasteiger partial charge in [0.25, 0.3) is 0 Å². The molecule has 3 atom stereocenters. The highest BCUT2D eigenvalue weighted by atomic mass is 79.9. The third kappa shape index (κ3) is 1.11. The Bertz CT molecular complexity index is 115. The van der Waals surface area contributed by atoms with Crippen LogP contribution in [0.25, 0.3) is 0 Å². The summed E-state index contributed by atoms with van der Waals surface area (Å²) >= 11 is 3.58. The van der Waals surface area contributed by atoms with Crippen molar-refractivity contribution in [1.82, 2.24) is 0 Å². The Balaban J connectivity index is 2.07. The highest BCUT2D eigenvalue weighted by Gasteiger charge is 2.38. The number of fused-ring (bicyclic) bond motifs is 2. The van der Waals surface area contributed by atoms with E-state index in [-0.39, 0.29) is 0 Å². The van der Waals surface area contributed by atoms with E-state index in [2.05, 4.69) is 15.9 Å². The Morgan fingerprint density at radius 3 is 2.00 bits per heavy atom. The molecule has 1 saturated carbocycles. The summed E-state index contributed by atoms with van der Waals surface area (Å²) in [7, 11) is 0. The van der Waals surface area contributed by atoms with E-state index in [4.69, 9.17) is 9.78 Å². The van der Waals surface area contributed by atoms with Crippen LogP contribution >= 0.6 is 15.9 Å². The van der Waals surface area contributed by atoms with E-state index in [0.717, 1.165) is 12.8 Å². The molecule has 2 nitrogen and oxygen atoms in total. The van der Waals surface area contributed by atoms with Gasteiger partial charge in [0.2, 0.25) is 0 Å². The van der Waals surface area contributed by atoms with Crippen LogP contribution in [0.3, 0.4) is 0 Å². The van der Waals surface area contributed by atoms with Gasteiger partial charge in [0, 0.05) is 0 Å². The standard InChI is InChI=1S/C7H11BrO2/c8-7-5-3-1-2-4-6(7)10-9-5/h5-7H,1-4H2/t5-,6+,7?. The Morgan fingerprint density at radius 2 is 1.50 bits per heavy atom. The molecule has 0 aromatic carbocycles. The second-order valence-corrected chi connectivity index (χ2v) is 4.06. The van der Waals surface area contributed by atoms with Gasteiger partial charge >= 0.3 is 0 Å². The first-order chi connectivity index (χ1) is 4.88. The van der Waals surface area contributed by atoms with Gasteiger partial charge in [-0.05, 0) is 12.8 Å². The van der Waals surface area contributed by atoms with E-state index >= 15 is 0 Å². The molecular formula is C7H11BrO2. The Kier molecular flexibility index (Phi) is 1.98. The minimum Gasteiger partial charge on any atom is -0.232 e. The van der Waals surface area contributed by atoms with Gasteiger partial charge in [0.05, 0.1) is 4.83 Å². The number of halogens is 1. The minimum absolute atomic E-state index is 0.312. The maximum absolute atomic E-state index is 5.12. The summed E-state index contributed by atoms with van der Waals surface area (Å²) in [4.78, 5) is 10.7. The van der Waals surface area contributed by atoms with Gasteiger partial charge in [-0.25, -0.2) is 9.78 Å². The van der Waals surface area contributed by atoms with Gasteiger partial charge < -0.3 is 0 Å². The Morgan fingerprint density at radius 1 is 1.00 bits per heavy atom. The average Bonchev–Trinajstić information content (AvgIpc) is 2.06. The molecule has 2 bridgehead atoms. The third-order valence-electron chi connectivity index (χ3n) is 2.24. The maximum Gasteiger partial charge on any atom is 0.108 e. The Labute approximate surface area is 68.9 Å². The number of alkyl halides is 1. The van der Waals surface area contributed by atoms with E-state index in [0.29, 0.717) is 17.0 Å². The lowest BCUT2D eigenvalue weighted by Gasteiger charge is -2.06. The summed E-state index contributed by atoms with van der Waals surface area (Å²) in [6.07, 6.45) is 5.48. The van der Waals surface area contributed by atoms with Crippen molar-refractivity contribution in [1.29, 1.82) is 0 Å². The van der Waals surface area contributed by atoms with E-state index in [1.54, 1.807) is 0 Å². The first kappa shape index (κ1) is 7.07. The third-order valence-corrected chi connectivity index (χ3v) is 3.42. The monoisotopic (exact) mass is 206 g/mol. The first-order valence-electron chi connectivity index (χ1n) is 3.84. The van der Waals surface area contributed by atoms with Crippen molar-refractivity contribution >= 4 is 15.9 Å². The van der Waals surface area contributed by atoms with Gasteiger partial charge in [0.1, 0.15) is 12.2 Å². The Hall–Kier alpha value is 0.400. The molecule has 58 valence electrons. The van der Waals surface area contributed by atoms with E-state index < -0.39 is 0 Å². The molecule has 0 aromatic heterocycles. The van der Waals surface area contributed by atoms with E-state index in [1.807, 2.05) is 0 Å². The number of rotatable bonds is 0. The first-order valence-corrected chi connectivity index (χ1v) is 4.76.